The highest BCUT2D eigenvalue weighted by Gasteiger charge is 2.19. The van der Waals surface area contributed by atoms with Gasteiger partial charge in [0.05, 0.1) is 6.54 Å². The summed E-state index contributed by atoms with van der Waals surface area (Å²) in [5.41, 5.74) is 6.87. The van der Waals surface area contributed by atoms with Gasteiger partial charge in [-0.2, -0.15) is 4.98 Å². The fourth-order valence-electron chi connectivity index (χ4n) is 2.83. The molecular weight excluding hydrogens is 342 g/mol. The molecule has 8 heteroatoms. The number of aromatic nitrogens is 4. The number of hydrogen-bond acceptors (Lipinski definition) is 4. The Bertz CT molecular complexity index is 1030. The van der Waals surface area contributed by atoms with Gasteiger partial charge in [-0.25, -0.2) is 4.79 Å². The van der Waals surface area contributed by atoms with Gasteiger partial charge in [-0.15, -0.1) is 0 Å². The molecule has 132 valence electrons. The van der Waals surface area contributed by atoms with Crippen molar-refractivity contribution in [3.8, 4) is 0 Å². The summed E-state index contributed by atoms with van der Waals surface area (Å²) in [7, 11) is 1.60. The van der Waals surface area contributed by atoms with Crippen LogP contribution in [0, 0.1) is 0 Å². The van der Waals surface area contributed by atoms with Crippen LogP contribution in [0.3, 0.4) is 0 Å². The number of nitrogen functional groups attached to an aromatic ring is 1. The van der Waals surface area contributed by atoms with Gasteiger partial charge in [0.2, 0.25) is 5.95 Å². The highest BCUT2D eigenvalue weighted by molar-refractivity contribution is 6.30. The number of rotatable bonds is 5. The first-order valence-corrected chi connectivity index (χ1v) is 8.51. The van der Waals surface area contributed by atoms with E-state index in [4.69, 9.17) is 17.3 Å². The molecule has 3 rings (SSSR count). The predicted molar refractivity (Wildman–Crippen MR) is 99.1 cm³/mol. The molecule has 0 atom stereocenters. The van der Waals surface area contributed by atoms with Gasteiger partial charge in [0.1, 0.15) is 0 Å². The van der Waals surface area contributed by atoms with Gasteiger partial charge in [-0.3, -0.25) is 13.9 Å². The minimum Gasteiger partial charge on any atom is -0.369 e. The predicted octanol–water partition coefficient (Wildman–Crippen LogP) is 1.98. The van der Waals surface area contributed by atoms with Crippen molar-refractivity contribution in [1.29, 1.82) is 0 Å². The summed E-state index contributed by atoms with van der Waals surface area (Å²) >= 11 is 5.92. The van der Waals surface area contributed by atoms with Crippen LogP contribution in [0.5, 0.6) is 0 Å². The number of benzene rings is 1. The topological polar surface area (TPSA) is 87.8 Å². The van der Waals surface area contributed by atoms with Crippen molar-refractivity contribution in [2.24, 2.45) is 7.05 Å². The molecule has 2 aromatic heterocycles. The Kier molecular flexibility index (Phi) is 4.67. The Morgan fingerprint density at radius 1 is 1.16 bits per heavy atom. The molecule has 0 amide bonds. The number of unbranched alkanes of at least 4 members (excludes halogenated alkanes) is 1. The zero-order valence-electron chi connectivity index (χ0n) is 14.2. The lowest BCUT2D eigenvalue weighted by molar-refractivity contribution is 0.565. The molecule has 0 saturated carbocycles. The molecule has 0 unspecified atom stereocenters. The summed E-state index contributed by atoms with van der Waals surface area (Å²) in [5.74, 6) is 0.199. The number of aryl methyl sites for hydroxylation is 1. The summed E-state index contributed by atoms with van der Waals surface area (Å²) in [5, 5.41) is 0.636. The van der Waals surface area contributed by atoms with E-state index in [9.17, 15) is 9.59 Å². The SMILES string of the molecule is CCCCn1c(=O)c2c(nc(N)n2Cc2ccc(Cl)cc2)n(C)c1=O. The van der Waals surface area contributed by atoms with E-state index in [0.717, 1.165) is 18.4 Å². The minimum absolute atomic E-state index is 0.199. The van der Waals surface area contributed by atoms with Crippen LogP contribution in [-0.4, -0.2) is 18.7 Å². The first-order valence-electron chi connectivity index (χ1n) is 8.14. The first kappa shape index (κ1) is 17.3. The van der Waals surface area contributed by atoms with Gasteiger partial charge in [-0.1, -0.05) is 37.1 Å². The first-order chi connectivity index (χ1) is 11.9. The molecule has 0 aliphatic heterocycles. The molecule has 2 N–H and O–H groups in total. The molecule has 3 aromatic rings. The van der Waals surface area contributed by atoms with Gasteiger partial charge < -0.3 is 10.3 Å². The van der Waals surface area contributed by atoms with Gasteiger partial charge >= 0.3 is 5.69 Å². The summed E-state index contributed by atoms with van der Waals surface area (Å²) < 4.78 is 4.27. The van der Waals surface area contributed by atoms with Crippen LogP contribution in [0.25, 0.3) is 11.2 Å². The fraction of sp³-hybridized carbons (Fsp3) is 0.353. The highest BCUT2D eigenvalue weighted by Crippen LogP contribution is 2.17. The van der Waals surface area contributed by atoms with E-state index in [1.807, 2.05) is 19.1 Å². The van der Waals surface area contributed by atoms with Crippen molar-refractivity contribution in [3.05, 3.63) is 55.7 Å². The summed E-state index contributed by atoms with van der Waals surface area (Å²) in [4.78, 5) is 29.6. The third-order valence-corrected chi connectivity index (χ3v) is 4.50. The van der Waals surface area contributed by atoms with Crippen LogP contribution in [0.15, 0.2) is 33.9 Å². The van der Waals surface area contributed by atoms with Crippen molar-refractivity contribution >= 4 is 28.7 Å². The number of anilines is 1. The Hall–Kier alpha value is -2.54. The van der Waals surface area contributed by atoms with E-state index >= 15 is 0 Å². The third-order valence-electron chi connectivity index (χ3n) is 4.25. The second kappa shape index (κ2) is 6.76. The van der Waals surface area contributed by atoms with Gasteiger partial charge in [-0.05, 0) is 24.1 Å². The van der Waals surface area contributed by atoms with E-state index in [1.54, 1.807) is 23.7 Å². The molecular formula is C17H20ClN5O2. The summed E-state index contributed by atoms with van der Waals surface area (Å²) in [6, 6.07) is 7.29. The summed E-state index contributed by atoms with van der Waals surface area (Å²) in [6.07, 6.45) is 1.64. The molecule has 0 spiro atoms. The number of nitrogens with two attached hydrogens (primary N) is 1. The molecule has 25 heavy (non-hydrogen) atoms. The average Bonchev–Trinajstić information content (AvgIpc) is 2.92. The monoisotopic (exact) mass is 361 g/mol. The molecule has 0 saturated heterocycles. The van der Waals surface area contributed by atoms with E-state index in [0.29, 0.717) is 29.3 Å². The third kappa shape index (κ3) is 3.07. The molecule has 0 bridgehead atoms. The maximum Gasteiger partial charge on any atom is 0.332 e. The van der Waals surface area contributed by atoms with Crippen LogP contribution < -0.4 is 17.0 Å². The molecule has 0 aliphatic carbocycles. The molecule has 2 heterocycles. The zero-order chi connectivity index (χ0) is 18.1. The lowest BCUT2D eigenvalue weighted by Crippen LogP contribution is -2.39. The molecule has 0 fully saturated rings. The maximum absolute atomic E-state index is 12.9. The highest BCUT2D eigenvalue weighted by atomic mass is 35.5. The van der Waals surface area contributed by atoms with Gasteiger partial charge in [0, 0.05) is 18.6 Å². The second-order valence-electron chi connectivity index (χ2n) is 6.01. The van der Waals surface area contributed by atoms with E-state index < -0.39 is 0 Å². The lowest BCUT2D eigenvalue weighted by Gasteiger charge is -2.10. The Labute approximate surface area is 149 Å². The quantitative estimate of drug-likeness (QED) is 0.752. The fourth-order valence-corrected chi connectivity index (χ4v) is 2.96. The number of imidazole rings is 1. The zero-order valence-corrected chi connectivity index (χ0v) is 15.0. The largest absolute Gasteiger partial charge is 0.369 e. The van der Waals surface area contributed by atoms with E-state index in [1.165, 1.54) is 9.13 Å². The van der Waals surface area contributed by atoms with Crippen molar-refractivity contribution in [3.63, 3.8) is 0 Å². The Morgan fingerprint density at radius 3 is 2.48 bits per heavy atom. The van der Waals surface area contributed by atoms with Crippen molar-refractivity contribution in [2.45, 2.75) is 32.9 Å². The molecule has 7 nitrogen and oxygen atoms in total. The van der Waals surface area contributed by atoms with Crippen LogP contribution in [0.1, 0.15) is 25.3 Å². The molecule has 1 aromatic carbocycles. The smallest absolute Gasteiger partial charge is 0.332 e. The standard InChI is InChI=1S/C17H20ClN5O2/c1-3-4-9-22-15(24)13-14(21(2)17(22)25)20-16(19)23(13)10-11-5-7-12(18)8-6-11/h5-8H,3-4,9-10H2,1-2H3,(H2,19,20). The lowest BCUT2D eigenvalue weighted by atomic mass is 10.2. The second-order valence-corrected chi connectivity index (χ2v) is 6.44. The number of hydrogen-bond donors (Lipinski definition) is 1. The van der Waals surface area contributed by atoms with Crippen molar-refractivity contribution in [1.82, 2.24) is 18.7 Å². The van der Waals surface area contributed by atoms with Crippen molar-refractivity contribution in [2.75, 3.05) is 5.73 Å². The Balaban J connectivity index is 2.20. The Morgan fingerprint density at radius 2 is 1.84 bits per heavy atom. The van der Waals surface area contributed by atoms with E-state index in [2.05, 4.69) is 4.98 Å². The van der Waals surface area contributed by atoms with Crippen LogP contribution >= 0.6 is 11.6 Å². The normalized spacial score (nSPS) is 11.3. The molecule has 0 aliphatic rings. The number of nitrogens with zero attached hydrogens (tertiary/aromatic N) is 4. The van der Waals surface area contributed by atoms with Crippen LogP contribution in [0.2, 0.25) is 5.02 Å². The average molecular weight is 362 g/mol. The molecule has 0 radical (unpaired) electrons. The van der Waals surface area contributed by atoms with Crippen LogP contribution in [-0.2, 0) is 20.1 Å². The van der Waals surface area contributed by atoms with E-state index in [-0.39, 0.29) is 17.2 Å². The summed E-state index contributed by atoms with van der Waals surface area (Å²) in [6.45, 7) is 2.77. The number of halogens is 1. The number of fused-ring (bicyclic) bond motifs is 1. The van der Waals surface area contributed by atoms with Crippen molar-refractivity contribution < 1.29 is 0 Å². The minimum atomic E-state index is -0.373. The maximum atomic E-state index is 12.9. The van der Waals surface area contributed by atoms with Crippen LogP contribution in [0.4, 0.5) is 5.95 Å². The van der Waals surface area contributed by atoms with Gasteiger partial charge in [0.15, 0.2) is 11.2 Å². The van der Waals surface area contributed by atoms with Gasteiger partial charge in [0.25, 0.3) is 5.56 Å².